The lowest BCUT2D eigenvalue weighted by Gasteiger charge is -2.15. The summed E-state index contributed by atoms with van der Waals surface area (Å²) < 4.78 is 29.9. The van der Waals surface area contributed by atoms with Crippen molar-refractivity contribution in [3.63, 3.8) is 0 Å². The topological polar surface area (TPSA) is 126 Å². The molecular weight excluding hydrogens is 510 g/mol. The van der Waals surface area contributed by atoms with Gasteiger partial charge in [0.25, 0.3) is 11.7 Å². The number of nitrogens with one attached hydrogen (secondary N) is 3. The zero-order valence-electron chi connectivity index (χ0n) is 19.6. The van der Waals surface area contributed by atoms with Gasteiger partial charge in [0.1, 0.15) is 10.8 Å². The number of likely N-dealkylation sites (N-methyl/N-ethyl adjacent to an activating group) is 1. The Bertz CT molecular complexity index is 1350. The number of carbonyl (C=O) groups is 3. The summed E-state index contributed by atoms with van der Waals surface area (Å²) >= 11 is 6.24. The highest BCUT2D eigenvalue weighted by Gasteiger charge is 2.22. The summed E-state index contributed by atoms with van der Waals surface area (Å²) in [6.07, 6.45) is 2.27. The van der Waals surface area contributed by atoms with E-state index in [1.807, 2.05) is 0 Å². The summed E-state index contributed by atoms with van der Waals surface area (Å²) in [5.74, 6) is -2.16. The number of amides is 2. The van der Waals surface area contributed by atoms with Crippen molar-refractivity contribution in [2.75, 3.05) is 30.0 Å². The van der Waals surface area contributed by atoms with Crippen LogP contribution in [-0.4, -0.2) is 53.2 Å². The summed E-state index contributed by atoms with van der Waals surface area (Å²) in [5, 5.41) is 8.31. The Morgan fingerprint density at radius 3 is 2.51 bits per heavy atom. The van der Waals surface area contributed by atoms with E-state index in [1.54, 1.807) is 18.2 Å². The highest BCUT2D eigenvalue weighted by atomic mass is 35.5. The van der Waals surface area contributed by atoms with E-state index in [0.29, 0.717) is 5.69 Å². The standard InChI is InChI=1S/C24H21ClF2N6O4/c1-4-19(34)30-17-11-13(9-10-18(17)37-23(26)27)29-24-28-12-15(25)21(32-24)31-16-8-6-5-7-14(16)20(35)22(36)33(2)3/h4-12,23H,1H2,2-3H3,(H,30,34)(H2,28,29,31,32). The number of hydrogen-bond acceptors (Lipinski definition) is 8. The maximum atomic E-state index is 12.7. The second-order valence-corrected chi connectivity index (χ2v) is 7.90. The molecule has 0 saturated heterocycles. The Hall–Kier alpha value is -4.58. The van der Waals surface area contributed by atoms with E-state index < -0.39 is 24.2 Å². The molecule has 0 bridgehead atoms. The minimum atomic E-state index is -3.10. The molecule has 37 heavy (non-hydrogen) atoms. The Labute approximate surface area is 215 Å². The van der Waals surface area contributed by atoms with Gasteiger partial charge >= 0.3 is 6.61 Å². The van der Waals surface area contributed by atoms with Gasteiger partial charge in [-0.1, -0.05) is 30.3 Å². The van der Waals surface area contributed by atoms with Crippen molar-refractivity contribution < 1.29 is 27.9 Å². The van der Waals surface area contributed by atoms with Crippen molar-refractivity contribution in [3.05, 3.63) is 71.9 Å². The number of carbonyl (C=O) groups excluding carboxylic acids is 3. The first-order valence-corrected chi connectivity index (χ1v) is 10.9. The van der Waals surface area contributed by atoms with Crippen molar-refractivity contribution in [1.82, 2.24) is 14.9 Å². The number of halogens is 3. The predicted octanol–water partition coefficient (Wildman–Crippen LogP) is 4.61. The number of nitrogens with zero attached hydrogens (tertiary/aromatic N) is 3. The first kappa shape index (κ1) is 27.0. The average Bonchev–Trinajstić information content (AvgIpc) is 2.86. The number of ether oxygens (including phenoxy) is 1. The summed E-state index contributed by atoms with van der Waals surface area (Å²) in [4.78, 5) is 46.0. The van der Waals surface area contributed by atoms with Crippen LogP contribution >= 0.6 is 11.6 Å². The molecule has 0 radical (unpaired) electrons. The van der Waals surface area contributed by atoms with Gasteiger partial charge < -0.3 is 25.6 Å². The number of aromatic nitrogens is 2. The lowest BCUT2D eigenvalue weighted by molar-refractivity contribution is -0.124. The molecule has 0 unspecified atom stereocenters. The second-order valence-electron chi connectivity index (χ2n) is 7.50. The van der Waals surface area contributed by atoms with Crippen LogP contribution < -0.4 is 20.7 Å². The minimum absolute atomic E-state index is 0.0412. The number of para-hydroxylation sites is 1. The van der Waals surface area contributed by atoms with E-state index in [1.165, 1.54) is 49.5 Å². The summed E-state index contributed by atoms with van der Waals surface area (Å²) in [7, 11) is 2.94. The van der Waals surface area contributed by atoms with Gasteiger partial charge in [0.05, 0.1) is 23.1 Å². The third-order valence-electron chi connectivity index (χ3n) is 4.66. The molecule has 0 fully saturated rings. The Morgan fingerprint density at radius 1 is 1.11 bits per heavy atom. The Balaban J connectivity index is 1.89. The average molecular weight is 531 g/mol. The van der Waals surface area contributed by atoms with Gasteiger partial charge in [0.15, 0.2) is 5.82 Å². The SMILES string of the molecule is C=CC(=O)Nc1cc(Nc2ncc(Cl)c(Nc3ccccc3C(=O)C(=O)N(C)C)n2)ccc1OC(F)F. The molecule has 10 nitrogen and oxygen atoms in total. The molecule has 2 amide bonds. The van der Waals surface area contributed by atoms with Crippen LogP contribution in [0.1, 0.15) is 10.4 Å². The number of alkyl halides is 2. The Kier molecular flexibility index (Phi) is 8.69. The summed E-state index contributed by atoms with van der Waals surface area (Å²) in [6.45, 7) is 0.224. The van der Waals surface area contributed by atoms with Gasteiger partial charge in [0, 0.05) is 19.8 Å². The number of Topliss-reactive ketones (excluding diaryl/α,β-unsaturated/α-hetero) is 1. The van der Waals surface area contributed by atoms with E-state index >= 15 is 0 Å². The van der Waals surface area contributed by atoms with Crippen LogP contribution in [-0.2, 0) is 9.59 Å². The zero-order valence-corrected chi connectivity index (χ0v) is 20.3. The van der Waals surface area contributed by atoms with Crippen LogP contribution in [0.4, 0.5) is 37.6 Å². The zero-order chi connectivity index (χ0) is 27.1. The number of anilines is 5. The van der Waals surface area contributed by atoms with Crippen LogP contribution in [0, 0.1) is 0 Å². The molecule has 3 aromatic rings. The summed E-state index contributed by atoms with van der Waals surface area (Å²) in [5.41, 5.74) is 0.682. The van der Waals surface area contributed by atoms with E-state index in [-0.39, 0.29) is 39.5 Å². The van der Waals surface area contributed by atoms with Crippen LogP contribution in [0.3, 0.4) is 0 Å². The number of ketones is 1. The van der Waals surface area contributed by atoms with Gasteiger partial charge in [-0.15, -0.1) is 0 Å². The molecule has 1 aromatic heterocycles. The molecule has 2 aromatic carbocycles. The second kappa shape index (κ2) is 11.9. The van der Waals surface area contributed by atoms with Crippen molar-refractivity contribution in [1.29, 1.82) is 0 Å². The molecule has 3 rings (SSSR count). The number of rotatable bonds is 10. The van der Waals surface area contributed by atoms with Gasteiger partial charge in [-0.2, -0.15) is 13.8 Å². The van der Waals surface area contributed by atoms with Crippen LogP contribution in [0.15, 0.2) is 61.3 Å². The fourth-order valence-corrected chi connectivity index (χ4v) is 3.11. The quantitative estimate of drug-likeness (QED) is 0.197. The largest absolute Gasteiger partial charge is 0.433 e. The molecular formula is C24H21ClF2N6O4. The maximum Gasteiger partial charge on any atom is 0.387 e. The number of benzene rings is 2. The van der Waals surface area contributed by atoms with Crippen molar-refractivity contribution in [2.24, 2.45) is 0 Å². The molecule has 0 spiro atoms. The van der Waals surface area contributed by atoms with Gasteiger partial charge in [-0.3, -0.25) is 14.4 Å². The molecule has 0 aliphatic carbocycles. The molecule has 0 aliphatic heterocycles. The number of hydrogen-bond donors (Lipinski definition) is 3. The molecule has 0 saturated carbocycles. The van der Waals surface area contributed by atoms with E-state index in [9.17, 15) is 23.2 Å². The van der Waals surface area contributed by atoms with E-state index in [2.05, 4.69) is 37.2 Å². The summed E-state index contributed by atoms with van der Waals surface area (Å²) in [6, 6.07) is 10.3. The molecule has 13 heteroatoms. The van der Waals surface area contributed by atoms with Crippen molar-refractivity contribution in [2.45, 2.75) is 6.61 Å². The predicted molar refractivity (Wildman–Crippen MR) is 135 cm³/mol. The van der Waals surface area contributed by atoms with Crippen LogP contribution in [0.25, 0.3) is 0 Å². The first-order valence-electron chi connectivity index (χ1n) is 10.5. The van der Waals surface area contributed by atoms with E-state index in [4.69, 9.17) is 11.6 Å². The maximum absolute atomic E-state index is 12.7. The molecule has 0 aliphatic rings. The smallest absolute Gasteiger partial charge is 0.387 e. The monoisotopic (exact) mass is 530 g/mol. The van der Waals surface area contributed by atoms with Gasteiger partial charge in [-0.25, -0.2) is 4.98 Å². The normalized spacial score (nSPS) is 10.4. The fourth-order valence-electron chi connectivity index (χ4n) is 2.97. The molecule has 3 N–H and O–H groups in total. The van der Waals surface area contributed by atoms with Crippen LogP contribution in [0.2, 0.25) is 5.02 Å². The Morgan fingerprint density at radius 2 is 1.84 bits per heavy atom. The third-order valence-corrected chi connectivity index (χ3v) is 4.94. The fraction of sp³-hybridized carbons (Fsp3) is 0.125. The molecule has 192 valence electrons. The lowest BCUT2D eigenvalue weighted by atomic mass is 10.1. The third kappa shape index (κ3) is 6.98. The highest BCUT2D eigenvalue weighted by molar-refractivity contribution is 6.43. The van der Waals surface area contributed by atoms with Crippen molar-refractivity contribution >= 4 is 58.0 Å². The molecule has 0 atom stereocenters. The van der Waals surface area contributed by atoms with Gasteiger partial charge in [0.2, 0.25) is 11.9 Å². The van der Waals surface area contributed by atoms with Crippen molar-refractivity contribution in [3.8, 4) is 5.75 Å². The minimum Gasteiger partial charge on any atom is -0.433 e. The highest BCUT2D eigenvalue weighted by Crippen LogP contribution is 2.32. The molecule has 1 heterocycles. The van der Waals surface area contributed by atoms with E-state index in [0.717, 1.165) is 6.08 Å². The first-order chi connectivity index (χ1) is 17.6. The van der Waals surface area contributed by atoms with Crippen LogP contribution in [0.5, 0.6) is 5.75 Å². The van der Waals surface area contributed by atoms with Gasteiger partial charge in [-0.05, 0) is 36.4 Å². The lowest BCUT2D eigenvalue weighted by Crippen LogP contribution is -2.30.